The van der Waals surface area contributed by atoms with Crippen LogP contribution in [0.25, 0.3) is 0 Å². The average Bonchev–Trinajstić information content (AvgIpc) is 2.36. The van der Waals surface area contributed by atoms with Crippen LogP contribution in [-0.4, -0.2) is 50.3 Å². The average molecular weight is 258 g/mol. The second-order valence-electron chi connectivity index (χ2n) is 5.44. The van der Waals surface area contributed by atoms with Gasteiger partial charge in [0, 0.05) is 32.3 Å². The fourth-order valence-electron chi connectivity index (χ4n) is 2.27. The lowest BCUT2D eigenvalue weighted by Crippen LogP contribution is -2.48. The minimum atomic E-state index is 0.489. The van der Waals surface area contributed by atoms with E-state index in [1.807, 2.05) is 0 Å². The fourth-order valence-corrected chi connectivity index (χ4v) is 2.27. The molecule has 1 unspecified atom stereocenters. The summed E-state index contributed by atoms with van der Waals surface area (Å²) in [5.41, 5.74) is 0. The Labute approximate surface area is 114 Å². The summed E-state index contributed by atoms with van der Waals surface area (Å²) in [5.74, 6) is 0.809. The van der Waals surface area contributed by atoms with Crippen molar-refractivity contribution in [1.82, 2.24) is 10.2 Å². The summed E-state index contributed by atoms with van der Waals surface area (Å²) in [6.07, 6.45) is 2.54. The Hall–Kier alpha value is -0.120. The van der Waals surface area contributed by atoms with Crippen LogP contribution < -0.4 is 5.32 Å². The molecule has 3 heteroatoms. The number of hydrogen-bond acceptors (Lipinski definition) is 3. The van der Waals surface area contributed by atoms with Crippen molar-refractivity contribution < 1.29 is 4.74 Å². The van der Waals surface area contributed by atoms with Gasteiger partial charge in [0.15, 0.2) is 0 Å². The van der Waals surface area contributed by atoms with Gasteiger partial charge in [-0.3, -0.25) is 4.90 Å². The molecule has 110 valence electrons. The van der Waals surface area contributed by atoms with Gasteiger partial charge >= 0.3 is 0 Å². The van der Waals surface area contributed by atoms with Crippen molar-refractivity contribution in [2.24, 2.45) is 5.92 Å². The Bertz CT molecular complexity index is 181. The second-order valence-corrected chi connectivity index (χ2v) is 5.44. The Balaban J connectivity index is 4.39. The van der Waals surface area contributed by atoms with Crippen molar-refractivity contribution >= 4 is 0 Å². The van der Waals surface area contributed by atoms with E-state index < -0.39 is 0 Å². The maximum atomic E-state index is 5.39. The van der Waals surface area contributed by atoms with Crippen LogP contribution >= 0.6 is 0 Å². The lowest BCUT2D eigenvalue weighted by atomic mass is 10.0. The molecule has 0 radical (unpaired) electrons. The number of hydrogen-bond donors (Lipinski definition) is 1. The van der Waals surface area contributed by atoms with E-state index in [1.54, 1.807) is 7.11 Å². The summed E-state index contributed by atoms with van der Waals surface area (Å²) >= 11 is 0. The molecular formula is C15H34N2O. The van der Waals surface area contributed by atoms with Gasteiger partial charge in [0.05, 0.1) is 6.61 Å². The van der Waals surface area contributed by atoms with Gasteiger partial charge in [-0.25, -0.2) is 0 Å². The minimum absolute atomic E-state index is 0.489. The zero-order valence-electron chi connectivity index (χ0n) is 13.3. The quantitative estimate of drug-likeness (QED) is 0.617. The molecule has 0 saturated carbocycles. The standard InChI is InChI=1S/C15H34N2O/c1-7-14(8-2)11-17(9-3)15(12-18-6)10-16-13(4)5/h13-16H,7-12H2,1-6H3. The third-order valence-corrected chi connectivity index (χ3v) is 3.69. The summed E-state index contributed by atoms with van der Waals surface area (Å²) in [5, 5.41) is 3.53. The third-order valence-electron chi connectivity index (χ3n) is 3.69. The number of methoxy groups -OCH3 is 1. The first-order chi connectivity index (χ1) is 8.58. The number of ether oxygens (including phenoxy) is 1. The van der Waals surface area contributed by atoms with Crippen molar-refractivity contribution in [1.29, 1.82) is 0 Å². The smallest absolute Gasteiger partial charge is 0.0630 e. The van der Waals surface area contributed by atoms with Crippen LogP contribution in [0.5, 0.6) is 0 Å². The van der Waals surface area contributed by atoms with E-state index in [0.717, 1.165) is 25.6 Å². The zero-order valence-corrected chi connectivity index (χ0v) is 13.3. The van der Waals surface area contributed by atoms with Gasteiger partial charge in [-0.15, -0.1) is 0 Å². The lowest BCUT2D eigenvalue weighted by Gasteiger charge is -2.33. The van der Waals surface area contributed by atoms with Crippen LogP contribution in [0, 0.1) is 5.92 Å². The summed E-state index contributed by atoms with van der Waals surface area (Å²) in [6, 6.07) is 1.03. The Morgan fingerprint density at radius 1 is 1.11 bits per heavy atom. The van der Waals surface area contributed by atoms with E-state index in [-0.39, 0.29) is 0 Å². The predicted octanol–water partition coefficient (Wildman–Crippen LogP) is 2.76. The molecule has 0 aliphatic rings. The van der Waals surface area contributed by atoms with Gasteiger partial charge in [-0.2, -0.15) is 0 Å². The van der Waals surface area contributed by atoms with E-state index in [1.165, 1.54) is 19.4 Å². The topological polar surface area (TPSA) is 24.5 Å². The summed E-state index contributed by atoms with van der Waals surface area (Å²) < 4.78 is 5.39. The van der Waals surface area contributed by atoms with Crippen molar-refractivity contribution in [2.45, 2.75) is 59.5 Å². The molecule has 0 heterocycles. The molecule has 0 aromatic rings. The van der Waals surface area contributed by atoms with Crippen LogP contribution in [-0.2, 0) is 4.74 Å². The molecule has 0 bridgehead atoms. The molecule has 0 aromatic heterocycles. The summed E-state index contributed by atoms with van der Waals surface area (Å²) in [4.78, 5) is 2.57. The molecule has 3 nitrogen and oxygen atoms in total. The van der Waals surface area contributed by atoms with Crippen molar-refractivity contribution in [3.63, 3.8) is 0 Å². The third kappa shape index (κ3) is 7.34. The largest absolute Gasteiger partial charge is 0.383 e. The molecule has 0 fully saturated rings. The number of nitrogens with one attached hydrogen (secondary N) is 1. The predicted molar refractivity (Wildman–Crippen MR) is 80.1 cm³/mol. The molecule has 0 amide bonds. The van der Waals surface area contributed by atoms with Gasteiger partial charge in [0.2, 0.25) is 0 Å². The van der Waals surface area contributed by atoms with Gasteiger partial charge < -0.3 is 10.1 Å². The van der Waals surface area contributed by atoms with Crippen LogP contribution in [0.3, 0.4) is 0 Å². The SMILES string of the molecule is CCC(CC)CN(CC)C(CNC(C)C)COC. The molecule has 1 N–H and O–H groups in total. The van der Waals surface area contributed by atoms with Crippen molar-refractivity contribution in [3.05, 3.63) is 0 Å². The first-order valence-corrected chi connectivity index (χ1v) is 7.55. The number of likely N-dealkylation sites (N-methyl/N-ethyl adjacent to an activating group) is 1. The van der Waals surface area contributed by atoms with E-state index in [4.69, 9.17) is 4.74 Å². The zero-order chi connectivity index (χ0) is 14.0. The maximum absolute atomic E-state index is 5.39. The lowest BCUT2D eigenvalue weighted by molar-refractivity contribution is 0.0794. The Morgan fingerprint density at radius 2 is 1.72 bits per heavy atom. The molecule has 0 aliphatic heterocycles. The highest BCUT2D eigenvalue weighted by atomic mass is 16.5. The van der Waals surface area contributed by atoms with Crippen molar-refractivity contribution in [2.75, 3.05) is 33.4 Å². The molecule has 18 heavy (non-hydrogen) atoms. The number of rotatable bonds is 11. The van der Waals surface area contributed by atoms with Crippen LogP contribution in [0.4, 0.5) is 0 Å². The van der Waals surface area contributed by atoms with Crippen LogP contribution in [0.15, 0.2) is 0 Å². The fraction of sp³-hybridized carbons (Fsp3) is 1.00. The monoisotopic (exact) mass is 258 g/mol. The molecule has 0 spiro atoms. The molecule has 0 rings (SSSR count). The first-order valence-electron chi connectivity index (χ1n) is 7.55. The van der Waals surface area contributed by atoms with Gasteiger partial charge in [-0.1, -0.05) is 47.5 Å². The van der Waals surface area contributed by atoms with E-state index in [2.05, 4.69) is 44.8 Å². The van der Waals surface area contributed by atoms with Crippen molar-refractivity contribution in [3.8, 4) is 0 Å². The normalized spacial score (nSPS) is 13.8. The number of nitrogens with zero attached hydrogens (tertiary/aromatic N) is 1. The highest BCUT2D eigenvalue weighted by molar-refractivity contribution is 4.76. The highest BCUT2D eigenvalue weighted by Crippen LogP contribution is 2.12. The Kier molecular flexibility index (Phi) is 10.7. The van der Waals surface area contributed by atoms with E-state index in [0.29, 0.717) is 12.1 Å². The van der Waals surface area contributed by atoms with Crippen LogP contribution in [0.2, 0.25) is 0 Å². The first kappa shape index (κ1) is 17.9. The second kappa shape index (κ2) is 10.8. The molecule has 0 aromatic carbocycles. The van der Waals surface area contributed by atoms with Gasteiger partial charge in [-0.05, 0) is 12.5 Å². The molecule has 0 aliphatic carbocycles. The highest BCUT2D eigenvalue weighted by Gasteiger charge is 2.19. The Morgan fingerprint density at radius 3 is 2.11 bits per heavy atom. The molecule has 1 atom stereocenters. The summed E-state index contributed by atoms with van der Waals surface area (Å²) in [7, 11) is 1.80. The summed E-state index contributed by atoms with van der Waals surface area (Å²) in [6.45, 7) is 15.3. The molecular weight excluding hydrogens is 224 g/mol. The van der Waals surface area contributed by atoms with E-state index in [9.17, 15) is 0 Å². The minimum Gasteiger partial charge on any atom is -0.383 e. The maximum Gasteiger partial charge on any atom is 0.0630 e. The van der Waals surface area contributed by atoms with E-state index >= 15 is 0 Å². The van der Waals surface area contributed by atoms with Gasteiger partial charge in [0.25, 0.3) is 0 Å². The van der Waals surface area contributed by atoms with Gasteiger partial charge in [0.1, 0.15) is 0 Å². The van der Waals surface area contributed by atoms with Crippen LogP contribution in [0.1, 0.15) is 47.5 Å². The molecule has 0 saturated heterocycles.